The summed E-state index contributed by atoms with van der Waals surface area (Å²) in [7, 11) is 1.51. The van der Waals surface area contributed by atoms with Crippen molar-refractivity contribution in [3.05, 3.63) is 63.7 Å². The summed E-state index contributed by atoms with van der Waals surface area (Å²) in [6, 6.07) is 5.08. The van der Waals surface area contributed by atoms with Gasteiger partial charge in [-0.15, -0.1) is 12.4 Å². The molecular formula is C20H20Cl2F3N3O3. The van der Waals surface area contributed by atoms with Gasteiger partial charge in [0.25, 0.3) is 6.43 Å². The van der Waals surface area contributed by atoms with Gasteiger partial charge in [-0.3, -0.25) is 14.8 Å². The molecule has 168 valence electrons. The van der Waals surface area contributed by atoms with Crippen LogP contribution in [0.25, 0.3) is 0 Å². The van der Waals surface area contributed by atoms with Crippen molar-refractivity contribution in [2.24, 2.45) is 10.7 Å². The van der Waals surface area contributed by atoms with E-state index in [1.54, 1.807) is 6.07 Å². The molecule has 0 radical (unpaired) electrons. The number of pyridine rings is 1. The third-order valence-electron chi connectivity index (χ3n) is 4.61. The van der Waals surface area contributed by atoms with Gasteiger partial charge in [-0.05, 0) is 29.3 Å². The number of methoxy groups -OCH3 is 1. The third-order valence-corrected chi connectivity index (χ3v) is 4.90. The molecule has 2 aromatic rings. The topological polar surface area (TPSA) is 86.8 Å². The van der Waals surface area contributed by atoms with E-state index in [4.69, 9.17) is 26.8 Å². The molecule has 6 nitrogen and oxygen atoms in total. The monoisotopic (exact) mass is 477 g/mol. The van der Waals surface area contributed by atoms with Crippen molar-refractivity contribution in [1.29, 1.82) is 0 Å². The summed E-state index contributed by atoms with van der Waals surface area (Å²) in [4.78, 5) is 20.5. The van der Waals surface area contributed by atoms with E-state index in [9.17, 15) is 18.0 Å². The zero-order chi connectivity index (χ0) is 21.9. The lowest BCUT2D eigenvalue weighted by atomic mass is 9.88. The summed E-state index contributed by atoms with van der Waals surface area (Å²) in [6.45, 7) is -0.366. The number of rotatable bonds is 7. The molecule has 0 amide bonds. The molecule has 3 rings (SSSR count). The molecule has 11 heteroatoms. The lowest BCUT2D eigenvalue weighted by molar-refractivity contribution is -0.0146. The number of alkyl halides is 2. The van der Waals surface area contributed by atoms with Gasteiger partial charge in [0.2, 0.25) is 0 Å². The number of hydrogen-bond acceptors (Lipinski definition) is 6. The van der Waals surface area contributed by atoms with Crippen LogP contribution in [0.15, 0.2) is 35.5 Å². The lowest BCUT2D eigenvalue weighted by Gasteiger charge is -2.33. The van der Waals surface area contributed by atoms with Gasteiger partial charge in [0.05, 0.1) is 18.2 Å². The number of hydrogen-bond donors (Lipinski definition) is 1. The summed E-state index contributed by atoms with van der Waals surface area (Å²) >= 11 is 6.14. The minimum Gasteiger partial charge on any atom is -0.385 e. The first-order valence-electron chi connectivity index (χ1n) is 8.92. The predicted octanol–water partition coefficient (Wildman–Crippen LogP) is 3.72. The standard InChI is InChI=1S/C20H19ClF3N3O3.ClH/c1-29-8-12-5-14(21)18(26-7-12)16(28)6-11-2-3-15(22)13(4-11)20(19(23)24)10-30-9-17(25)27-20;/h2-5,7,19H,6,8-10H2,1H3,(H2,25,27);1H/t20-;/m0./s1. The van der Waals surface area contributed by atoms with E-state index in [1.165, 1.54) is 25.4 Å². The van der Waals surface area contributed by atoms with Gasteiger partial charge in [0, 0.05) is 25.3 Å². The number of nitrogens with two attached hydrogens (primary N) is 1. The van der Waals surface area contributed by atoms with Crippen molar-refractivity contribution >= 4 is 35.6 Å². The summed E-state index contributed by atoms with van der Waals surface area (Å²) < 4.78 is 52.4. The minimum atomic E-state index is -3.07. The van der Waals surface area contributed by atoms with E-state index in [2.05, 4.69) is 9.98 Å². The van der Waals surface area contributed by atoms with Crippen LogP contribution in [0.4, 0.5) is 13.2 Å². The van der Waals surface area contributed by atoms with Crippen molar-refractivity contribution in [3.8, 4) is 0 Å². The highest BCUT2D eigenvalue weighted by Crippen LogP contribution is 2.37. The van der Waals surface area contributed by atoms with Gasteiger partial charge in [0.1, 0.15) is 24.0 Å². The molecule has 0 fully saturated rings. The van der Waals surface area contributed by atoms with Crippen molar-refractivity contribution in [1.82, 2.24) is 4.98 Å². The quantitative estimate of drug-likeness (QED) is 0.614. The molecule has 31 heavy (non-hydrogen) atoms. The summed E-state index contributed by atoms with van der Waals surface area (Å²) in [5.74, 6) is -1.50. The van der Waals surface area contributed by atoms with E-state index < -0.39 is 30.2 Å². The minimum absolute atomic E-state index is 0. The first-order valence-corrected chi connectivity index (χ1v) is 9.30. The smallest absolute Gasteiger partial charge is 0.269 e. The second-order valence-electron chi connectivity index (χ2n) is 6.84. The Bertz CT molecular complexity index is 991. The number of amidine groups is 1. The van der Waals surface area contributed by atoms with Gasteiger partial charge in [0.15, 0.2) is 11.3 Å². The fourth-order valence-electron chi connectivity index (χ4n) is 3.21. The molecule has 0 saturated heterocycles. The maximum atomic E-state index is 14.5. The van der Waals surface area contributed by atoms with E-state index in [1.807, 2.05) is 0 Å². The maximum Gasteiger partial charge on any atom is 0.269 e. The number of ether oxygens (including phenoxy) is 2. The Morgan fingerprint density at radius 2 is 2.10 bits per heavy atom. The predicted molar refractivity (Wildman–Crippen MR) is 112 cm³/mol. The summed E-state index contributed by atoms with van der Waals surface area (Å²) in [6.07, 6.45) is -1.83. The lowest BCUT2D eigenvalue weighted by Crippen LogP contribution is -2.45. The second kappa shape index (κ2) is 10.4. The largest absolute Gasteiger partial charge is 0.385 e. The average molecular weight is 478 g/mol. The van der Waals surface area contributed by atoms with Crippen LogP contribution in [0.5, 0.6) is 0 Å². The van der Waals surface area contributed by atoms with E-state index in [0.717, 1.165) is 6.07 Å². The van der Waals surface area contributed by atoms with Crippen LogP contribution < -0.4 is 5.73 Å². The number of aliphatic imine (C=N–C) groups is 1. The molecule has 1 aliphatic rings. The normalized spacial score (nSPS) is 18.5. The number of ketones is 1. The van der Waals surface area contributed by atoms with E-state index in [-0.39, 0.29) is 54.2 Å². The molecule has 2 N–H and O–H groups in total. The van der Waals surface area contributed by atoms with Gasteiger partial charge in [-0.2, -0.15) is 0 Å². The molecule has 0 spiro atoms. The van der Waals surface area contributed by atoms with Gasteiger partial charge in [-0.25, -0.2) is 13.2 Å². The molecular weight excluding hydrogens is 458 g/mol. The molecule has 0 bridgehead atoms. The molecule has 1 aromatic heterocycles. The second-order valence-corrected chi connectivity index (χ2v) is 7.25. The summed E-state index contributed by atoms with van der Waals surface area (Å²) in [5.41, 5.74) is 3.91. The summed E-state index contributed by atoms with van der Waals surface area (Å²) in [5, 5.41) is 0.138. The molecule has 0 unspecified atom stereocenters. The van der Waals surface area contributed by atoms with Crippen LogP contribution in [0.1, 0.15) is 27.2 Å². The Hall–Kier alpha value is -2.20. The molecule has 1 aliphatic heterocycles. The SMILES string of the molecule is COCc1cnc(C(=O)Cc2ccc(F)c([C@]3(C(F)F)COCC(N)=N3)c2)c(Cl)c1.Cl. The fourth-order valence-corrected chi connectivity index (χ4v) is 3.51. The van der Waals surface area contributed by atoms with Crippen molar-refractivity contribution < 1.29 is 27.4 Å². The molecule has 0 saturated carbocycles. The molecule has 1 atom stereocenters. The van der Waals surface area contributed by atoms with Crippen LogP contribution >= 0.6 is 24.0 Å². The number of nitrogens with zero attached hydrogens (tertiary/aromatic N) is 2. The number of halogens is 5. The Morgan fingerprint density at radius 3 is 2.71 bits per heavy atom. The molecule has 2 heterocycles. The molecule has 0 aliphatic carbocycles. The van der Waals surface area contributed by atoms with Crippen molar-refractivity contribution in [2.45, 2.75) is 25.0 Å². The van der Waals surface area contributed by atoms with Gasteiger partial charge in [-0.1, -0.05) is 17.7 Å². The van der Waals surface area contributed by atoms with Gasteiger partial charge < -0.3 is 15.2 Å². The van der Waals surface area contributed by atoms with Gasteiger partial charge >= 0.3 is 0 Å². The number of aromatic nitrogens is 1. The number of Topliss-reactive ketones (excluding diaryl/α,β-unsaturated/α-hetero) is 1. The van der Waals surface area contributed by atoms with Crippen LogP contribution in [-0.2, 0) is 28.0 Å². The number of carbonyl (C=O) groups excluding carboxylic acids is 1. The highest BCUT2D eigenvalue weighted by molar-refractivity contribution is 6.33. The maximum absolute atomic E-state index is 14.5. The Balaban J connectivity index is 0.00000341. The number of benzene rings is 1. The van der Waals surface area contributed by atoms with Crippen LogP contribution in [0.2, 0.25) is 5.02 Å². The van der Waals surface area contributed by atoms with Crippen molar-refractivity contribution in [3.63, 3.8) is 0 Å². The van der Waals surface area contributed by atoms with Crippen LogP contribution in [0, 0.1) is 5.82 Å². The molecule has 1 aromatic carbocycles. The zero-order valence-electron chi connectivity index (χ0n) is 16.4. The zero-order valence-corrected chi connectivity index (χ0v) is 18.0. The van der Waals surface area contributed by atoms with Crippen LogP contribution in [-0.4, -0.2) is 43.4 Å². The highest BCUT2D eigenvalue weighted by atomic mass is 35.5. The number of carbonyl (C=O) groups is 1. The van der Waals surface area contributed by atoms with Crippen LogP contribution in [0.3, 0.4) is 0 Å². The first-order chi connectivity index (χ1) is 14.3. The van der Waals surface area contributed by atoms with Crippen molar-refractivity contribution in [2.75, 3.05) is 20.3 Å². The van der Waals surface area contributed by atoms with E-state index >= 15 is 0 Å². The Kier molecular flexibility index (Phi) is 8.41. The van der Waals surface area contributed by atoms with E-state index in [0.29, 0.717) is 11.1 Å². The Labute approximate surface area is 188 Å². The Morgan fingerprint density at radius 1 is 1.35 bits per heavy atom. The average Bonchev–Trinajstić information content (AvgIpc) is 2.69. The first kappa shape index (κ1) is 25.1. The third kappa shape index (κ3) is 5.35. The fraction of sp³-hybridized carbons (Fsp3) is 0.350. The highest BCUT2D eigenvalue weighted by Gasteiger charge is 2.46.